The van der Waals surface area contributed by atoms with Gasteiger partial charge in [0.1, 0.15) is 6.10 Å². The second-order valence-corrected chi connectivity index (χ2v) is 7.82. The van der Waals surface area contributed by atoms with Crippen LogP contribution in [0.4, 0.5) is 0 Å². The smallest absolute Gasteiger partial charge is 0.756 e. The van der Waals surface area contributed by atoms with Gasteiger partial charge >= 0.3 is 99.1 Å². The van der Waals surface area contributed by atoms with Crippen LogP contribution in [0.3, 0.4) is 0 Å². The number of aliphatic carboxylic acids is 8. The van der Waals surface area contributed by atoms with Crippen LogP contribution < -0.4 is 56.3 Å². The van der Waals surface area contributed by atoms with Gasteiger partial charge in [0.05, 0.1) is 25.7 Å². The monoisotopic (exact) mass is 686 g/mol. The molecule has 0 aliphatic carbocycles. The van der Waals surface area contributed by atoms with Crippen LogP contribution in [0, 0.1) is 0 Å². The molecule has 0 aromatic heterocycles. The predicted molar refractivity (Wildman–Crippen MR) is 120 cm³/mol. The van der Waals surface area contributed by atoms with Gasteiger partial charge in [0.25, 0.3) is 7.82 Å². The molecule has 3 atom stereocenters. The van der Waals surface area contributed by atoms with Gasteiger partial charge in [-0.2, -0.15) is 0 Å². The van der Waals surface area contributed by atoms with Crippen molar-refractivity contribution in [2.45, 2.75) is 56.5 Å². The minimum absolute atomic E-state index is 0. The quantitative estimate of drug-likeness (QED) is 0.0669. The van der Waals surface area contributed by atoms with E-state index in [4.69, 9.17) is 80.5 Å². The van der Waals surface area contributed by atoms with E-state index in [9.17, 15) is 38.4 Å². The van der Waals surface area contributed by atoms with Crippen molar-refractivity contribution in [3.63, 3.8) is 0 Å². The standard InChI is InChI=1S/C6H8O7.C4H6O6.C4H6O4.C3H6O3.K.H3O4P/c7-3(8)1-6(13,5(11)12)2-4(9)10;5-1(3(7)8)2(6)4(9)10;5-3(6)1-2-4(7)8;1-2(4)3(5)6;;1-5(2,3)4/h13H,1-2H2,(H,7,8)(H,9,10)(H,11,12);1-2,5-6H,(H,7,8)(H,9,10);1-2H2,(H,5,6)(H,7,8);2,4H,1H3,(H,5,6);;(H3,1,2,3,4)/q;;;;+1;/p-1. The summed E-state index contributed by atoms with van der Waals surface area (Å²) < 4.78 is 8.77. The van der Waals surface area contributed by atoms with Crippen LogP contribution in [0.15, 0.2) is 0 Å². The van der Waals surface area contributed by atoms with Crippen LogP contribution in [0.2, 0.25) is 0 Å². The molecule has 0 bridgehead atoms. The second kappa shape index (κ2) is 26.9. The van der Waals surface area contributed by atoms with Crippen molar-refractivity contribution >= 4 is 55.6 Å². The van der Waals surface area contributed by atoms with Crippen molar-refractivity contribution < 1.29 is 170 Å². The summed E-state index contributed by atoms with van der Waals surface area (Å²) in [7, 11) is -4.89. The number of hydrogen-bond donors (Lipinski definition) is 14. The fourth-order valence-electron chi connectivity index (χ4n) is 1.20. The molecule has 246 valence electrons. The van der Waals surface area contributed by atoms with Crippen LogP contribution in [0.1, 0.15) is 32.6 Å². The zero-order chi connectivity index (χ0) is 35.2. The Hall–Kier alpha value is -2.65. The van der Waals surface area contributed by atoms with E-state index in [2.05, 4.69) is 0 Å². The molecule has 0 aromatic rings. The van der Waals surface area contributed by atoms with Gasteiger partial charge in [-0.05, 0) is 6.92 Å². The van der Waals surface area contributed by atoms with E-state index >= 15 is 0 Å². The van der Waals surface area contributed by atoms with E-state index < -0.39 is 92.3 Å². The molecule has 26 heteroatoms. The fraction of sp³-hybridized carbons (Fsp3) is 0.529. The Labute approximate surface area is 280 Å². The molecule has 0 radical (unpaired) electrons. The first kappa shape index (κ1) is 52.9. The molecule has 0 aliphatic rings. The summed E-state index contributed by atoms with van der Waals surface area (Å²) in [5, 5.41) is 97.9. The molecule has 3 unspecified atom stereocenters. The minimum Gasteiger partial charge on any atom is -0.756 e. The minimum atomic E-state index is -4.89. The molecular weight excluding hydrogens is 658 g/mol. The normalized spacial score (nSPS) is 11.8. The van der Waals surface area contributed by atoms with Crippen molar-refractivity contribution in [1.29, 1.82) is 0 Å². The van der Waals surface area contributed by atoms with Gasteiger partial charge in [0.15, 0.2) is 17.8 Å². The van der Waals surface area contributed by atoms with E-state index in [1.807, 2.05) is 0 Å². The summed E-state index contributed by atoms with van der Waals surface area (Å²) in [6, 6.07) is 0. The van der Waals surface area contributed by atoms with Crippen LogP contribution in [0.25, 0.3) is 0 Å². The Morgan fingerprint density at radius 3 is 0.930 bits per heavy atom. The zero-order valence-corrected chi connectivity index (χ0v) is 25.9. The van der Waals surface area contributed by atoms with E-state index in [0.29, 0.717) is 0 Å². The van der Waals surface area contributed by atoms with Crippen molar-refractivity contribution in [2.24, 2.45) is 0 Å². The first-order chi connectivity index (χ1) is 18.5. The molecule has 0 fully saturated rings. The Kier molecular flexibility index (Phi) is 33.2. The van der Waals surface area contributed by atoms with Gasteiger partial charge in [-0.3, -0.25) is 23.7 Å². The van der Waals surface area contributed by atoms with Crippen LogP contribution in [-0.4, -0.2) is 143 Å². The average molecular weight is 686 g/mol. The van der Waals surface area contributed by atoms with Gasteiger partial charge in [0, 0.05) is 0 Å². The van der Waals surface area contributed by atoms with Crippen molar-refractivity contribution in [3.8, 4) is 0 Å². The largest absolute Gasteiger partial charge is 1.00 e. The number of hydrogen-bond acceptors (Lipinski definition) is 14. The van der Waals surface area contributed by atoms with Gasteiger partial charge in [-0.1, -0.05) is 0 Å². The third kappa shape index (κ3) is 46.5. The summed E-state index contributed by atoms with van der Waals surface area (Å²) in [6.07, 6.45) is -8.64. The summed E-state index contributed by atoms with van der Waals surface area (Å²) in [6.45, 7) is 1.20. The van der Waals surface area contributed by atoms with Gasteiger partial charge < -0.3 is 76.0 Å². The first-order valence-electron chi connectivity index (χ1n) is 9.83. The molecular formula is C17H28KO24P. The summed E-state index contributed by atoms with van der Waals surface area (Å²) in [4.78, 5) is 102. The van der Waals surface area contributed by atoms with Gasteiger partial charge in [0.2, 0.25) is 0 Å². The molecule has 14 N–H and O–H groups in total. The Balaban J connectivity index is -0.000000103. The molecule has 0 heterocycles. The number of carbonyl (C=O) groups is 8. The van der Waals surface area contributed by atoms with Gasteiger partial charge in [-0.25, -0.2) is 19.2 Å². The molecule has 0 saturated carbocycles. The van der Waals surface area contributed by atoms with Crippen molar-refractivity contribution in [3.05, 3.63) is 0 Å². The molecule has 0 spiro atoms. The Morgan fingerprint density at radius 2 is 0.837 bits per heavy atom. The number of carboxylic acids is 8. The zero-order valence-electron chi connectivity index (χ0n) is 21.9. The van der Waals surface area contributed by atoms with Gasteiger partial charge in [-0.15, -0.1) is 0 Å². The van der Waals surface area contributed by atoms with Crippen LogP contribution in [-0.2, 0) is 42.9 Å². The molecule has 24 nitrogen and oxygen atoms in total. The first-order valence-corrected chi connectivity index (χ1v) is 11.4. The predicted octanol–water partition coefficient (Wildman–Crippen LogP) is -8.54. The number of phosphoric acid groups is 1. The maximum Gasteiger partial charge on any atom is 1.00 e. The maximum atomic E-state index is 10.3. The third-order valence-electron chi connectivity index (χ3n) is 3.00. The average Bonchev–Trinajstić information content (AvgIpc) is 2.75. The van der Waals surface area contributed by atoms with E-state index in [1.165, 1.54) is 6.92 Å². The van der Waals surface area contributed by atoms with Crippen molar-refractivity contribution in [2.75, 3.05) is 0 Å². The maximum absolute atomic E-state index is 10.3. The topological polar surface area (TPSA) is 460 Å². The van der Waals surface area contributed by atoms with Crippen LogP contribution in [0.5, 0.6) is 0 Å². The summed E-state index contributed by atoms with van der Waals surface area (Å²) in [5.41, 5.74) is -2.74. The summed E-state index contributed by atoms with van der Waals surface area (Å²) >= 11 is 0. The molecule has 0 aromatic carbocycles. The number of rotatable bonds is 12. The number of aliphatic hydroxyl groups is 4. The molecule has 0 saturated heterocycles. The van der Waals surface area contributed by atoms with E-state index in [0.717, 1.165) is 0 Å². The number of carboxylic acid groups (broad SMARTS) is 8. The SMILES string of the molecule is CC(O)C(=O)O.O=C(O)C(O)C(O)C(=O)O.O=C(O)CC(O)(CC(=O)O)C(=O)O.O=C(O)CCC(=O)O.O=P([O-])(O)O.[K+]. The Morgan fingerprint density at radius 1 is 0.628 bits per heavy atom. The van der Waals surface area contributed by atoms with Crippen molar-refractivity contribution in [1.82, 2.24) is 0 Å². The van der Waals surface area contributed by atoms with E-state index in [1.54, 1.807) is 0 Å². The van der Waals surface area contributed by atoms with Crippen LogP contribution >= 0.6 is 7.82 Å². The summed E-state index contributed by atoms with van der Waals surface area (Å²) in [5.74, 6) is -11.9. The number of aliphatic hydroxyl groups excluding tert-OH is 3. The third-order valence-corrected chi connectivity index (χ3v) is 3.00. The van der Waals surface area contributed by atoms with E-state index in [-0.39, 0.29) is 64.2 Å². The second-order valence-electron chi connectivity index (χ2n) is 6.84. The molecule has 0 amide bonds. The molecule has 0 rings (SSSR count). The molecule has 0 aliphatic heterocycles. The molecule has 43 heavy (non-hydrogen) atoms. The Bertz CT molecular complexity index is 915. The fourth-order valence-corrected chi connectivity index (χ4v) is 1.20.